The highest BCUT2D eigenvalue weighted by Gasteiger charge is 2.02. The van der Waals surface area contributed by atoms with Crippen molar-refractivity contribution in [1.29, 1.82) is 0 Å². The van der Waals surface area contributed by atoms with Gasteiger partial charge in [-0.3, -0.25) is 4.79 Å². The smallest absolute Gasteiger partial charge is 0.243 e. The van der Waals surface area contributed by atoms with Crippen LogP contribution in [-0.4, -0.2) is 19.1 Å². The molecule has 2 aromatic rings. The van der Waals surface area contributed by atoms with Gasteiger partial charge in [0.05, 0.1) is 6.54 Å². The minimum atomic E-state index is -0.0891. The van der Waals surface area contributed by atoms with Gasteiger partial charge in [0.25, 0.3) is 0 Å². The summed E-state index contributed by atoms with van der Waals surface area (Å²) in [7, 11) is 0. The molecule has 0 unspecified atom stereocenters. The van der Waals surface area contributed by atoms with E-state index in [1.807, 2.05) is 61.5 Å². The molecule has 0 spiro atoms. The molecule has 0 fully saturated rings. The summed E-state index contributed by atoms with van der Waals surface area (Å²) in [5.74, 6) is 0.691. The molecule has 2 N–H and O–H groups in total. The van der Waals surface area contributed by atoms with Crippen molar-refractivity contribution in [2.75, 3.05) is 23.8 Å². The maximum absolute atomic E-state index is 11.8. The van der Waals surface area contributed by atoms with Crippen LogP contribution < -0.4 is 15.4 Å². The molecule has 0 atom stereocenters. The van der Waals surface area contributed by atoms with Crippen molar-refractivity contribution in [2.24, 2.45) is 0 Å². The fourth-order valence-electron chi connectivity index (χ4n) is 1.78. The fraction of sp³-hybridized carbons (Fsp3) is 0.167. The second kappa shape index (κ2) is 7.88. The number of rotatable bonds is 7. The highest BCUT2D eigenvalue weighted by molar-refractivity contribution is 5.93. The number of hydrogen-bond acceptors (Lipinski definition) is 3. The van der Waals surface area contributed by atoms with Crippen LogP contribution in [0, 0.1) is 0 Å². The number of carbonyl (C=O) groups is 1. The Labute approximate surface area is 130 Å². The lowest BCUT2D eigenvalue weighted by Crippen LogP contribution is -2.21. The van der Waals surface area contributed by atoms with E-state index in [4.69, 9.17) is 4.74 Å². The number of anilines is 2. The third-order valence-corrected chi connectivity index (χ3v) is 2.85. The molecule has 114 valence electrons. The number of hydrogen-bond donors (Lipinski definition) is 2. The molecule has 0 heterocycles. The van der Waals surface area contributed by atoms with Crippen LogP contribution in [0.1, 0.15) is 6.92 Å². The lowest BCUT2D eigenvalue weighted by molar-refractivity contribution is -0.114. The monoisotopic (exact) mass is 296 g/mol. The first-order chi connectivity index (χ1) is 10.6. The van der Waals surface area contributed by atoms with E-state index < -0.39 is 0 Å². The normalized spacial score (nSPS) is 9.86. The molecule has 0 saturated heterocycles. The molecule has 0 radical (unpaired) electrons. The number of carbonyl (C=O) groups excluding carboxylic acids is 1. The molecule has 2 aromatic carbocycles. The number of benzene rings is 2. The molecule has 0 bridgehead atoms. The first kappa shape index (κ1) is 15.6. The lowest BCUT2D eigenvalue weighted by atomic mass is 10.3. The van der Waals surface area contributed by atoms with Gasteiger partial charge in [-0.2, -0.15) is 0 Å². The Morgan fingerprint density at radius 3 is 2.36 bits per heavy atom. The standard InChI is InChI=1S/C18H20N2O2/c1-14(2)13-22-17-10-8-15(9-11-17)19-12-18(21)20-16-6-4-3-5-7-16/h3-11,19H,1,12-13H2,2H3,(H,20,21). The van der Waals surface area contributed by atoms with Crippen molar-refractivity contribution in [3.05, 3.63) is 66.7 Å². The van der Waals surface area contributed by atoms with Crippen LogP contribution in [0.25, 0.3) is 0 Å². The van der Waals surface area contributed by atoms with Gasteiger partial charge in [-0.05, 0) is 48.9 Å². The Morgan fingerprint density at radius 2 is 1.73 bits per heavy atom. The summed E-state index contributed by atoms with van der Waals surface area (Å²) < 4.78 is 5.52. The number of para-hydroxylation sites is 1. The van der Waals surface area contributed by atoms with Crippen molar-refractivity contribution < 1.29 is 9.53 Å². The summed E-state index contributed by atoms with van der Waals surface area (Å²) >= 11 is 0. The number of amides is 1. The van der Waals surface area contributed by atoms with Crippen LogP contribution in [0.4, 0.5) is 11.4 Å². The largest absolute Gasteiger partial charge is 0.489 e. The van der Waals surface area contributed by atoms with Crippen molar-refractivity contribution >= 4 is 17.3 Å². The van der Waals surface area contributed by atoms with E-state index in [0.717, 1.165) is 22.7 Å². The average molecular weight is 296 g/mol. The summed E-state index contributed by atoms with van der Waals surface area (Å²) in [6.45, 7) is 6.42. The summed E-state index contributed by atoms with van der Waals surface area (Å²) in [6, 6.07) is 16.9. The van der Waals surface area contributed by atoms with Crippen molar-refractivity contribution in [3.8, 4) is 5.75 Å². The van der Waals surface area contributed by atoms with Crippen LogP contribution in [-0.2, 0) is 4.79 Å². The topological polar surface area (TPSA) is 50.4 Å². The molecular formula is C18H20N2O2. The summed E-state index contributed by atoms with van der Waals surface area (Å²) in [5, 5.41) is 5.89. The van der Waals surface area contributed by atoms with Gasteiger partial charge in [-0.25, -0.2) is 0 Å². The van der Waals surface area contributed by atoms with Gasteiger partial charge < -0.3 is 15.4 Å². The van der Waals surface area contributed by atoms with Crippen molar-refractivity contribution in [1.82, 2.24) is 0 Å². The highest BCUT2D eigenvalue weighted by atomic mass is 16.5. The Bertz CT molecular complexity index is 621. The first-order valence-corrected chi connectivity index (χ1v) is 7.09. The first-order valence-electron chi connectivity index (χ1n) is 7.09. The third kappa shape index (κ3) is 5.32. The van der Waals surface area contributed by atoms with E-state index in [0.29, 0.717) is 6.61 Å². The molecule has 4 nitrogen and oxygen atoms in total. The SMILES string of the molecule is C=C(C)COc1ccc(NCC(=O)Nc2ccccc2)cc1. The average Bonchev–Trinajstić information content (AvgIpc) is 2.53. The van der Waals surface area contributed by atoms with E-state index in [-0.39, 0.29) is 12.5 Å². The Balaban J connectivity index is 1.79. The predicted octanol–water partition coefficient (Wildman–Crippen LogP) is 3.69. The molecule has 0 aromatic heterocycles. The third-order valence-electron chi connectivity index (χ3n) is 2.85. The number of nitrogens with one attached hydrogen (secondary N) is 2. The van der Waals surface area contributed by atoms with Crippen molar-refractivity contribution in [2.45, 2.75) is 6.92 Å². The predicted molar refractivity (Wildman–Crippen MR) is 90.3 cm³/mol. The molecule has 4 heteroatoms. The van der Waals surface area contributed by atoms with Crippen molar-refractivity contribution in [3.63, 3.8) is 0 Å². The maximum atomic E-state index is 11.8. The van der Waals surface area contributed by atoms with E-state index in [9.17, 15) is 4.79 Å². The molecule has 0 aliphatic rings. The minimum Gasteiger partial charge on any atom is -0.489 e. The minimum absolute atomic E-state index is 0.0891. The maximum Gasteiger partial charge on any atom is 0.243 e. The van der Waals surface area contributed by atoms with Gasteiger partial charge in [-0.15, -0.1) is 0 Å². The summed E-state index contributed by atoms with van der Waals surface area (Å²) in [6.07, 6.45) is 0. The van der Waals surface area contributed by atoms with E-state index in [1.54, 1.807) is 0 Å². The van der Waals surface area contributed by atoms with Gasteiger partial charge in [-0.1, -0.05) is 24.8 Å². The van der Waals surface area contributed by atoms with Gasteiger partial charge in [0.1, 0.15) is 12.4 Å². The van der Waals surface area contributed by atoms with Crippen LogP contribution in [0.5, 0.6) is 5.75 Å². The van der Waals surface area contributed by atoms with Gasteiger partial charge in [0.2, 0.25) is 5.91 Å². The van der Waals surface area contributed by atoms with E-state index in [1.165, 1.54) is 0 Å². The van der Waals surface area contributed by atoms with Gasteiger partial charge >= 0.3 is 0 Å². The zero-order chi connectivity index (χ0) is 15.8. The van der Waals surface area contributed by atoms with E-state index in [2.05, 4.69) is 17.2 Å². The Morgan fingerprint density at radius 1 is 1.05 bits per heavy atom. The summed E-state index contributed by atoms with van der Waals surface area (Å²) in [4.78, 5) is 11.8. The van der Waals surface area contributed by atoms with Crippen LogP contribution >= 0.6 is 0 Å². The molecule has 1 amide bonds. The highest BCUT2D eigenvalue weighted by Crippen LogP contribution is 2.16. The molecule has 2 rings (SSSR count). The molecular weight excluding hydrogens is 276 g/mol. The second-order valence-electron chi connectivity index (χ2n) is 5.04. The fourth-order valence-corrected chi connectivity index (χ4v) is 1.78. The molecule has 0 aliphatic carbocycles. The zero-order valence-electron chi connectivity index (χ0n) is 12.6. The summed E-state index contributed by atoms with van der Waals surface area (Å²) in [5.41, 5.74) is 2.63. The second-order valence-corrected chi connectivity index (χ2v) is 5.04. The molecule has 0 aliphatic heterocycles. The quantitative estimate of drug-likeness (QED) is 0.766. The van der Waals surface area contributed by atoms with Crippen LogP contribution in [0.3, 0.4) is 0 Å². The zero-order valence-corrected chi connectivity index (χ0v) is 12.6. The molecule has 22 heavy (non-hydrogen) atoms. The Kier molecular flexibility index (Phi) is 5.60. The van der Waals surface area contributed by atoms with Crippen LogP contribution in [0.15, 0.2) is 66.7 Å². The lowest BCUT2D eigenvalue weighted by Gasteiger charge is -2.09. The van der Waals surface area contributed by atoms with Gasteiger partial charge in [0, 0.05) is 11.4 Å². The number of ether oxygens (including phenoxy) is 1. The van der Waals surface area contributed by atoms with E-state index >= 15 is 0 Å². The Hall–Kier alpha value is -2.75. The van der Waals surface area contributed by atoms with Gasteiger partial charge in [0.15, 0.2) is 0 Å². The van der Waals surface area contributed by atoms with Crippen LogP contribution in [0.2, 0.25) is 0 Å². The molecule has 0 saturated carbocycles.